The Labute approximate surface area is 300 Å². The summed E-state index contributed by atoms with van der Waals surface area (Å²) < 4.78 is 0. The number of pyridine rings is 2. The molecule has 10 rings (SSSR count). The number of aromatic nitrogens is 2. The number of nitrogens with zero attached hydrogens (tertiary/aromatic N) is 2. The summed E-state index contributed by atoms with van der Waals surface area (Å²) in [5, 5.41) is 7.61. The summed E-state index contributed by atoms with van der Waals surface area (Å²) in [6.45, 7) is 13.3. The lowest BCUT2D eigenvalue weighted by Gasteiger charge is -2.19. The van der Waals surface area contributed by atoms with Crippen LogP contribution < -0.4 is 10.9 Å². The molecule has 250 valence electrons. The Bertz CT molecular complexity index is 2990. The molecule has 0 N–H and O–H groups in total. The highest BCUT2D eigenvalue weighted by Crippen LogP contribution is 2.43. The molecule has 0 saturated heterocycles. The molecule has 4 nitrogen and oxygen atoms in total. The van der Waals surface area contributed by atoms with Crippen molar-refractivity contribution in [2.45, 2.75) is 52.4 Å². The fraction of sp³-hybridized carbons (Fsp3) is 0.167. The maximum Gasteiger partial charge on any atom is 0.194 e. The van der Waals surface area contributed by atoms with Crippen molar-refractivity contribution >= 4 is 75.9 Å². The maximum atomic E-state index is 14.3. The van der Waals surface area contributed by atoms with Gasteiger partial charge >= 0.3 is 0 Å². The van der Waals surface area contributed by atoms with Crippen LogP contribution in [0.1, 0.15) is 52.7 Å². The highest BCUT2D eigenvalue weighted by Gasteiger charge is 2.24. The zero-order valence-electron chi connectivity index (χ0n) is 30.1. The third-order valence-electron chi connectivity index (χ3n) is 11.3. The highest BCUT2D eigenvalue weighted by molar-refractivity contribution is 6.37. The first kappa shape index (κ1) is 30.8. The summed E-state index contributed by atoms with van der Waals surface area (Å²) in [6.07, 6.45) is 0. The van der Waals surface area contributed by atoms with Gasteiger partial charge in [0.1, 0.15) is 0 Å². The van der Waals surface area contributed by atoms with Gasteiger partial charge in [-0.15, -0.1) is 0 Å². The second-order valence-electron chi connectivity index (χ2n) is 16.5. The van der Waals surface area contributed by atoms with Crippen molar-refractivity contribution in [3.05, 3.63) is 141 Å². The predicted molar refractivity (Wildman–Crippen MR) is 219 cm³/mol. The molecule has 4 heteroatoms. The first-order valence-electron chi connectivity index (χ1n) is 18.0. The standard InChI is InChI=1S/C48H36N2O2/c1-47(2,3)29-13-7-25(8-14-29)27-11-17-31-35(23-27)45(51)33-19-21-38-41-39(33)43(31)49-37-22-20-34-40(42(37)41)44(50-38)32-18-12-28(24-36(32)46(34)52)26-9-15-30(16-10-26)48(4,5)6/h7-24H,1-6H3. The first-order valence-corrected chi connectivity index (χ1v) is 18.0. The minimum absolute atomic E-state index is 0.0209. The minimum Gasteiger partial charge on any atom is -0.289 e. The van der Waals surface area contributed by atoms with E-state index in [1.807, 2.05) is 48.5 Å². The molecular formula is C48H36N2O2. The molecular weight excluding hydrogens is 637 g/mol. The molecule has 0 spiro atoms. The quantitative estimate of drug-likeness (QED) is 0.135. The van der Waals surface area contributed by atoms with Gasteiger partial charge in [0.25, 0.3) is 0 Å². The van der Waals surface area contributed by atoms with Crippen LogP contribution in [0.15, 0.2) is 119 Å². The van der Waals surface area contributed by atoms with E-state index in [1.165, 1.54) is 11.1 Å². The number of rotatable bonds is 2. The Morgan fingerprint density at radius 3 is 1.08 bits per heavy atom. The van der Waals surface area contributed by atoms with E-state index in [4.69, 9.17) is 9.97 Å². The van der Waals surface area contributed by atoms with Crippen molar-refractivity contribution in [2.75, 3.05) is 0 Å². The molecule has 0 atom stereocenters. The van der Waals surface area contributed by atoms with Crippen LogP contribution in [0.25, 0.3) is 98.2 Å². The molecule has 0 aliphatic rings. The second-order valence-corrected chi connectivity index (χ2v) is 16.5. The lowest BCUT2D eigenvalue weighted by molar-refractivity contribution is 0.590. The Morgan fingerprint density at radius 2 is 0.712 bits per heavy atom. The molecule has 8 aromatic carbocycles. The van der Waals surface area contributed by atoms with E-state index in [1.54, 1.807) is 0 Å². The van der Waals surface area contributed by atoms with Crippen molar-refractivity contribution in [3.8, 4) is 22.3 Å². The molecule has 0 aliphatic carbocycles. The zero-order valence-corrected chi connectivity index (χ0v) is 30.1. The summed E-state index contributed by atoms with van der Waals surface area (Å²) in [4.78, 5) is 39.2. The first-order chi connectivity index (χ1) is 24.9. The van der Waals surface area contributed by atoms with Crippen molar-refractivity contribution in [2.24, 2.45) is 0 Å². The fourth-order valence-corrected chi connectivity index (χ4v) is 8.34. The molecule has 2 heterocycles. The van der Waals surface area contributed by atoms with Crippen LogP contribution in [-0.4, -0.2) is 9.97 Å². The molecule has 0 bridgehead atoms. The van der Waals surface area contributed by atoms with Gasteiger partial charge in [0.2, 0.25) is 0 Å². The van der Waals surface area contributed by atoms with E-state index < -0.39 is 0 Å². The van der Waals surface area contributed by atoms with Gasteiger partial charge in [-0.1, -0.05) is 114 Å². The second kappa shape index (κ2) is 10.3. The van der Waals surface area contributed by atoms with Gasteiger partial charge in [0, 0.05) is 53.9 Å². The average Bonchev–Trinajstić information content (AvgIpc) is 3.14. The molecule has 0 unspecified atom stereocenters. The highest BCUT2D eigenvalue weighted by atomic mass is 16.1. The van der Waals surface area contributed by atoms with Gasteiger partial charge in [-0.25, -0.2) is 9.97 Å². The molecule has 0 saturated carbocycles. The molecule has 0 amide bonds. The van der Waals surface area contributed by atoms with Crippen LogP contribution in [0.4, 0.5) is 0 Å². The third-order valence-corrected chi connectivity index (χ3v) is 11.3. The Balaban J connectivity index is 1.21. The average molecular weight is 673 g/mol. The smallest absolute Gasteiger partial charge is 0.194 e. The summed E-state index contributed by atoms with van der Waals surface area (Å²) in [7, 11) is 0. The summed E-state index contributed by atoms with van der Waals surface area (Å²) in [5.41, 5.74) is 9.90. The molecule has 2 aromatic heterocycles. The summed E-state index contributed by atoms with van der Waals surface area (Å²) in [5.74, 6) is 0. The van der Waals surface area contributed by atoms with E-state index in [0.717, 1.165) is 76.6 Å². The molecule has 52 heavy (non-hydrogen) atoms. The summed E-state index contributed by atoms with van der Waals surface area (Å²) in [6, 6.07) is 37.2. The fourth-order valence-electron chi connectivity index (χ4n) is 8.34. The van der Waals surface area contributed by atoms with Gasteiger partial charge < -0.3 is 0 Å². The van der Waals surface area contributed by atoms with Crippen LogP contribution >= 0.6 is 0 Å². The van der Waals surface area contributed by atoms with Gasteiger partial charge in [-0.2, -0.15) is 0 Å². The van der Waals surface area contributed by atoms with Gasteiger partial charge in [0.05, 0.1) is 22.1 Å². The molecule has 0 fully saturated rings. The van der Waals surface area contributed by atoms with E-state index in [9.17, 15) is 9.59 Å². The van der Waals surface area contributed by atoms with Crippen molar-refractivity contribution in [1.29, 1.82) is 0 Å². The van der Waals surface area contributed by atoms with E-state index in [0.29, 0.717) is 21.5 Å². The number of benzene rings is 8. The van der Waals surface area contributed by atoms with Crippen molar-refractivity contribution in [3.63, 3.8) is 0 Å². The van der Waals surface area contributed by atoms with Gasteiger partial charge in [0.15, 0.2) is 10.9 Å². The lowest BCUT2D eigenvalue weighted by Crippen LogP contribution is -2.10. The van der Waals surface area contributed by atoms with Crippen molar-refractivity contribution < 1.29 is 0 Å². The van der Waals surface area contributed by atoms with Crippen LogP contribution in [-0.2, 0) is 10.8 Å². The molecule has 0 radical (unpaired) electrons. The van der Waals surface area contributed by atoms with E-state index >= 15 is 0 Å². The largest absolute Gasteiger partial charge is 0.289 e. The maximum absolute atomic E-state index is 14.3. The Morgan fingerprint density at radius 1 is 0.365 bits per heavy atom. The van der Waals surface area contributed by atoms with Crippen LogP contribution in [0.5, 0.6) is 0 Å². The van der Waals surface area contributed by atoms with Crippen molar-refractivity contribution in [1.82, 2.24) is 9.97 Å². The van der Waals surface area contributed by atoms with Crippen LogP contribution in [0.3, 0.4) is 0 Å². The number of hydrogen-bond donors (Lipinski definition) is 0. The van der Waals surface area contributed by atoms with Gasteiger partial charge in [-0.3, -0.25) is 9.59 Å². The lowest BCUT2D eigenvalue weighted by atomic mass is 9.86. The zero-order chi connectivity index (χ0) is 35.8. The van der Waals surface area contributed by atoms with Crippen LogP contribution in [0, 0.1) is 0 Å². The monoisotopic (exact) mass is 672 g/mol. The Kier molecular flexibility index (Phi) is 6.10. The number of hydrogen-bond acceptors (Lipinski definition) is 4. The normalized spacial score (nSPS) is 13.0. The van der Waals surface area contributed by atoms with E-state index in [-0.39, 0.29) is 21.7 Å². The Hall–Kier alpha value is -6.00. The van der Waals surface area contributed by atoms with Crippen LogP contribution in [0.2, 0.25) is 0 Å². The number of fused-ring (bicyclic) bond motifs is 4. The SMILES string of the molecule is CC(C)(C)c1ccc(-c2ccc3c(c2)c(=O)c2ccc4nc5c6ccc(-c7ccc(C(C)(C)C)cc7)cc6c(=O)c6ccc7nc3c2c4c7c65)cc1. The topological polar surface area (TPSA) is 59.9 Å². The third kappa shape index (κ3) is 4.27. The van der Waals surface area contributed by atoms with E-state index in [2.05, 4.69) is 102 Å². The summed E-state index contributed by atoms with van der Waals surface area (Å²) >= 11 is 0. The van der Waals surface area contributed by atoms with Gasteiger partial charge in [-0.05, 0) is 80.6 Å². The molecule has 10 aromatic rings. The minimum atomic E-state index is -0.0209. The predicted octanol–water partition coefficient (Wildman–Crippen LogP) is 11.5. The molecule has 0 aliphatic heterocycles.